The minimum atomic E-state index is -3.50. The molecule has 20 heavy (non-hydrogen) atoms. The molecule has 0 atom stereocenters. The van der Waals surface area contributed by atoms with Gasteiger partial charge in [-0.3, -0.25) is 4.68 Å². The first-order valence-electron chi connectivity index (χ1n) is 6.23. The first-order chi connectivity index (χ1) is 9.62. The summed E-state index contributed by atoms with van der Waals surface area (Å²) >= 11 is 0. The van der Waals surface area contributed by atoms with Gasteiger partial charge in [0.15, 0.2) is 0 Å². The molecule has 0 amide bonds. The molecule has 0 saturated heterocycles. The molecule has 2 rings (SSSR count). The molecule has 2 aromatic heterocycles. The Morgan fingerprint density at radius 1 is 1.35 bits per heavy atom. The normalized spacial score (nSPS) is 11.4. The molecule has 0 fully saturated rings. The molecule has 0 aliphatic carbocycles. The maximum atomic E-state index is 12.0. The first-order valence-corrected chi connectivity index (χ1v) is 7.71. The van der Waals surface area contributed by atoms with Crippen molar-refractivity contribution in [2.24, 2.45) is 0 Å². The highest BCUT2D eigenvalue weighted by Gasteiger charge is 2.13. The summed E-state index contributed by atoms with van der Waals surface area (Å²) in [6.45, 7) is 1.03. The van der Waals surface area contributed by atoms with Crippen LogP contribution in [0, 0.1) is 0 Å². The summed E-state index contributed by atoms with van der Waals surface area (Å²) in [6.07, 6.45) is 5.54. The Bertz CT molecular complexity index is 622. The molecule has 0 radical (unpaired) electrons. The number of aryl methyl sites for hydroxylation is 1. The van der Waals surface area contributed by atoms with Crippen LogP contribution in [0.25, 0.3) is 0 Å². The van der Waals surface area contributed by atoms with Gasteiger partial charge in [0.1, 0.15) is 10.7 Å². The average Bonchev–Trinajstić information content (AvgIpc) is 2.97. The zero-order valence-corrected chi connectivity index (χ0v) is 12.0. The van der Waals surface area contributed by atoms with E-state index < -0.39 is 10.0 Å². The molecule has 7 nitrogen and oxygen atoms in total. The van der Waals surface area contributed by atoms with Gasteiger partial charge in [0, 0.05) is 38.7 Å². The van der Waals surface area contributed by atoms with Crippen LogP contribution in [0.2, 0.25) is 0 Å². The lowest BCUT2D eigenvalue weighted by Crippen LogP contribution is -2.25. The molecule has 0 aliphatic rings. The third-order valence-corrected chi connectivity index (χ3v) is 4.16. The predicted molar refractivity (Wildman–Crippen MR) is 75.8 cm³/mol. The summed E-state index contributed by atoms with van der Waals surface area (Å²) in [7, 11) is -1.77. The Hall–Kier alpha value is -1.93. The average molecular weight is 295 g/mol. The number of hydrogen-bond donors (Lipinski definition) is 2. The molecule has 2 aromatic rings. The highest BCUT2D eigenvalue weighted by atomic mass is 32.2. The van der Waals surface area contributed by atoms with Gasteiger partial charge in [0.2, 0.25) is 10.0 Å². The van der Waals surface area contributed by atoms with Gasteiger partial charge in [-0.2, -0.15) is 5.10 Å². The number of anilines is 1. The molecule has 0 unspecified atom stereocenters. The van der Waals surface area contributed by atoms with Gasteiger partial charge in [-0.15, -0.1) is 0 Å². The SMILES string of the molecule is CNc1ccc(S(=O)(=O)NCCCn2cccn2)cn1. The molecule has 0 aliphatic heterocycles. The van der Waals surface area contributed by atoms with E-state index in [0.29, 0.717) is 25.3 Å². The van der Waals surface area contributed by atoms with Crippen molar-refractivity contribution < 1.29 is 8.42 Å². The largest absolute Gasteiger partial charge is 0.373 e. The summed E-state index contributed by atoms with van der Waals surface area (Å²) in [5.41, 5.74) is 0. The van der Waals surface area contributed by atoms with Gasteiger partial charge >= 0.3 is 0 Å². The monoisotopic (exact) mass is 295 g/mol. The van der Waals surface area contributed by atoms with Crippen molar-refractivity contribution in [3.8, 4) is 0 Å². The lowest BCUT2D eigenvalue weighted by Gasteiger charge is -2.07. The summed E-state index contributed by atoms with van der Waals surface area (Å²) in [6, 6.07) is 4.98. The van der Waals surface area contributed by atoms with Crippen molar-refractivity contribution >= 4 is 15.8 Å². The lowest BCUT2D eigenvalue weighted by molar-refractivity contribution is 0.553. The molecule has 108 valence electrons. The van der Waals surface area contributed by atoms with Crippen LogP contribution in [0.3, 0.4) is 0 Å². The summed E-state index contributed by atoms with van der Waals surface area (Å²) in [5, 5.41) is 6.89. The van der Waals surface area contributed by atoms with E-state index in [9.17, 15) is 8.42 Å². The van der Waals surface area contributed by atoms with Crippen LogP contribution >= 0.6 is 0 Å². The molecule has 0 spiro atoms. The lowest BCUT2D eigenvalue weighted by atomic mass is 10.4. The number of sulfonamides is 1. The van der Waals surface area contributed by atoms with E-state index >= 15 is 0 Å². The molecular weight excluding hydrogens is 278 g/mol. The smallest absolute Gasteiger partial charge is 0.242 e. The standard InChI is InChI=1S/C12H17N5O2S/c1-13-12-5-4-11(10-14-12)20(18,19)16-7-3-9-17-8-2-6-15-17/h2,4-6,8,10,16H,3,7,9H2,1H3,(H,13,14). The third-order valence-electron chi connectivity index (χ3n) is 2.72. The van der Waals surface area contributed by atoms with Crippen LogP contribution in [0.5, 0.6) is 0 Å². The van der Waals surface area contributed by atoms with E-state index in [-0.39, 0.29) is 4.90 Å². The second-order valence-corrected chi connectivity index (χ2v) is 5.92. The molecule has 0 saturated carbocycles. The van der Waals surface area contributed by atoms with E-state index in [2.05, 4.69) is 20.1 Å². The fourth-order valence-electron chi connectivity index (χ4n) is 1.65. The van der Waals surface area contributed by atoms with Gasteiger partial charge in [0.25, 0.3) is 0 Å². The quantitative estimate of drug-likeness (QED) is 0.734. The van der Waals surface area contributed by atoms with E-state index in [0.717, 1.165) is 0 Å². The summed E-state index contributed by atoms with van der Waals surface area (Å²) in [5.74, 6) is 0.627. The minimum Gasteiger partial charge on any atom is -0.373 e. The third kappa shape index (κ3) is 3.78. The molecule has 0 aromatic carbocycles. The number of hydrogen-bond acceptors (Lipinski definition) is 5. The van der Waals surface area contributed by atoms with Crippen LogP contribution in [0.4, 0.5) is 5.82 Å². The minimum absolute atomic E-state index is 0.163. The molecule has 8 heteroatoms. The van der Waals surface area contributed by atoms with Crippen LogP contribution in [0.1, 0.15) is 6.42 Å². The topological polar surface area (TPSA) is 88.9 Å². The Morgan fingerprint density at radius 2 is 2.20 bits per heavy atom. The molecule has 2 heterocycles. The number of rotatable bonds is 7. The molecule has 0 bridgehead atoms. The fourth-order valence-corrected chi connectivity index (χ4v) is 2.67. The fraction of sp³-hybridized carbons (Fsp3) is 0.333. The predicted octanol–water partition coefficient (Wildman–Crippen LogP) is 0.688. The van der Waals surface area contributed by atoms with Gasteiger partial charge < -0.3 is 5.32 Å². The van der Waals surface area contributed by atoms with Gasteiger partial charge in [-0.1, -0.05) is 0 Å². The van der Waals surface area contributed by atoms with Crippen molar-refractivity contribution in [1.29, 1.82) is 0 Å². The Balaban J connectivity index is 1.86. The van der Waals surface area contributed by atoms with Gasteiger partial charge in [0.05, 0.1) is 0 Å². The van der Waals surface area contributed by atoms with Gasteiger partial charge in [-0.05, 0) is 24.6 Å². The molecule has 2 N–H and O–H groups in total. The summed E-state index contributed by atoms with van der Waals surface area (Å²) in [4.78, 5) is 4.15. The highest BCUT2D eigenvalue weighted by molar-refractivity contribution is 7.89. The highest BCUT2D eigenvalue weighted by Crippen LogP contribution is 2.09. The van der Waals surface area contributed by atoms with E-state index in [1.54, 1.807) is 24.0 Å². The Morgan fingerprint density at radius 3 is 2.80 bits per heavy atom. The number of nitrogens with one attached hydrogen (secondary N) is 2. The Labute approximate surface area is 118 Å². The first kappa shape index (κ1) is 14.5. The Kier molecular flexibility index (Phi) is 4.70. The van der Waals surface area contributed by atoms with Crippen LogP contribution in [0.15, 0.2) is 41.7 Å². The van der Waals surface area contributed by atoms with Crippen molar-refractivity contribution in [3.63, 3.8) is 0 Å². The second kappa shape index (κ2) is 6.49. The maximum absolute atomic E-state index is 12.0. The van der Waals surface area contributed by atoms with Crippen molar-refractivity contribution in [1.82, 2.24) is 19.5 Å². The van der Waals surface area contributed by atoms with Gasteiger partial charge in [-0.25, -0.2) is 18.1 Å². The maximum Gasteiger partial charge on any atom is 0.242 e. The summed E-state index contributed by atoms with van der Waals surface area (Å²) < 4.78 is 28.3. The number of pyridine rings is 1. The van der Waals surface area contributed by atoms with Crippen LogP contribution < -0.4 is 10.0 Å². The number of nitrogens with zero attached hydrogens (tertiary/aromatic N) is 3. The number of aromatic nitrogens is 3. The van der Waals surface area contributed by atoms with Crippen molar-refractivity contribution in [2.45, 2.75) is 17.9 Å². The van der Waals surface area contributed by atoms with Crippen LogP contribution in [-0.4, -0.2) is 36.8 Å². The molecular formula is C12H17N5O2S. The van der Waals surface area contributed by atoms with Crippen molar-refractivity contribution in [3.05, 3.63) is 36.8 Å². The van der Waals surface area contributed by atoms with Crippen molar-refractivity contribution in [2.75, 3.05) is 18.9 Å². The second-order valence-electron chi connectivity index (χ2n) is 4.15. The van der Waals surface area contributed by atoms with Crippen LogP contribution in [-0.2, 0) is 16.6 Å². The zero-order valence-electron chi connectivity index (χ0n) is 11.2. The van der Waals surface area contributed by atoms with E-state index in [1.807, 2.05) is 12.3 Å². The zero-order chi connectivity index (χ0) is 14.4. The van der Waals surface area contributed by atoms with E-state index in [1.165, 1.54) is 12.3 Å². The van der Waals surface area contributed by atoms with E-state index in [4.69, 9.17) is 0 Å².